The van der Waals surface area contributed by atoms with Gasteiger partial charge in [0, 0.05) is 0 Å². The van der Waals surface area contributed by atoms with Crippen LogP contribution in [0.2, 0.25) is 0 Å². The Morgan fingerprint density at radius 2 is 2.40 bits per heavy atom. The second kappa shape index (κ2) is 3.25. The van der Waals surface area contributed by atoms with E-state index in [4.69, 9.17) is 9.84 Å². The minimum atomic E-state index is -0.957. The Morgan fingerprint density at radius 1 is 1.60 bits per heavy atom. The van der Waals surface area contributed by atoms with Gasteiger partial charge in [0.2, 0.25) is 0 Å². The quantitative estimate of drug-likeness (QED) is 0.597. The average Bonchev–Trinajstić information content (AvgIpc) is 2.12. The lowest BCUT2D eigenvalue weighted by atomic mass is 10.2. The molecule has 0 saturated carbocycles. The number of hydrogen-bond donors (Lipinski definition) is 1. The summed E-state index contributed by atoms with van der Waals surface area (Å²) in [6.07, 6.45) is 4.43. The summed E-state index contributed by atoms with van der Waals surface area (Å²) in [5, 5.41) is 8.47. The van der Waals surface area contributed by atoms with Crippen LogP contribution in [0.5, 0.6) is 0 Å². The van der Waals surface area contributed by atoms with Crippen molar-refractivity contribution in [3.8, 4) is 0 Å². The Hall–Kier alpha value is -0.990. The highest BCUT2D eigenvalue weighted by Gasteiger charge is 2.09. The van der Waals surface area contributed by atoms with E-state index >= 15 is 0 Å². The van der Waals surface area contributed by atoms with Crippen LogP contribution in [0.15, 0.2) is 11.8 Å². The molecule has 0 bridgehead atoms. The van der Waals surface area contributed by atoms with E-state index in [0.717, 1.165) is 19.3 Å². The van der Waals surface area contributed by atoms with E-state index in [1.54, 1.807) is 6.08 Å². The van der Waals surface area contributed by atoms with Crippen LogP contribution < -0.4 is 0 Å². The van der Waals surface area contributed by atoms with Crippen LogP contribution in [0, 0.1) is 0 Å². The second-order valence-electron chi connectivity index (χ2n) is 2.22. The molecule has 0 radical (unpaired) electrons. The molecule has 0 spiro atoms. The van der Waals surface area contributed by atoms with E-state index < -0.39 is 5.97 Å². The van der Waals surface area contributed by atoms with Crippen molar-refractivity contribution in [1.29, 1.82) is 0 Å². The van der Waals surface area contributed by atoms with E-state index in [1.807, 2.05) is 0 Å². The molecule has 1 rings (SSSR count). The molecule has 10 heavy (non-hydrogen) atoms. The molecule has 0 aromatic rings. The number of carboxylic acid groups (broad SMARTS) is 1. The van der Waals surface area contributed by atoms with Crippen molar-refractivity contribution in [2.45, 2.75) is 19.3 Å². The van der Waals surface area contributed by atoms with Crippen LogP contribution in [-0.4, -0.2) is 17.7 Å². The number of carboxylic acids is 1. The maximum atomic E-state index is 10.3. The Bertz CT molecular complexity index is 160. The van der Waals surface area contributed by atoms with Crippen LogP contribution in [0.1, 0.15) is 19.3 Å². The van der Waals surface area contributed by atoms with Gasteiger partial charge < -0.3 is 9.84 Å². The van der Waals surface area contributed by atoms with Gasteiger partial charge in [-0.1, -0.05) is 0 Å². The van der Waals surface area contributed by atoms with E-state index in [0.29, 0.717) is 6.61 Å². The van der Waals surface area contributed by atoms with Gasteiger partial charge in [-0.15, -0.1) is 0 Å². The molecule has 0 fully saturated rings. The van der Waals surface area contributed by atoms with Crippen molar-refractivity contribution in [1.82, 2.24) is 0 Å². The maximum Gasteiger partial charge on any atom is 0.370 e. The van der Waals surface area contributed by atoms with Gasteiger partial charge in [-0.05, 0) is 25.3 Å². The van der Waals surface area contributed by atoms with E-state index in [2.05, 4.69) is 0 Å². The molecule has 0 aliphatic carbocycles. The number of allylic oxidation sites excluding steroid dienone is 1. The first-order valence-electron chi connectivity index (χ1n) is 3.37. The monoisotopic (exact) mass is 142 g/mol. The Labute approximate surface area is 59.3 Å². The summed E-state index contributed by atoms with van der Waals surface area (Å²) in [6, 6.07) is 0. The summed E-state index contributed by atoms with van der Waals surface area (Å²) < 4.78 is 4.93. The van der Waals surface area contributed by atoms with Crippen LogP contribution in [0.25, 0.3) is 0 Å². The van der Waals surface area contributed by atoms with Gasteiger partial charge in [-0.25, -0.2) is 4.79 Å². The van der Waals surface area contributed by atoms with Gasteiger partial charge in [0.25, 0.3) is 0 Å². The third kappa shape index (κ3) is 1.76. The lowest BCUT2D eigenvalue weighted by molar-refractivity contribution is -0.136. The van der Waals surface area contributed by atoms with E-state index in [1.165, 1.54) is 0 Å². The first-order chi connectivity index (χ1) is 4.80. The first kappa shape index (κ1) is 7.12. The van der Waals surface area contributed by atoms with Gasteiger partial charge in [0.1, 0.15) is 0 Å². The fourth-order valence-corrected chi connectivity index (χ4v) is 0.870. The summed E-state index contributed by atoms with van der Waals surface area (Å²) in [4.78, 5) is 10.3. The molecule has 0 aromatic carbocycles. The third-order valence-corrected chi connectivity index (χ3v) is 1.40. The molecule has 1 heterocycles. The summed E-state index contributed by atoms with van der Waals surface area (Å²) in [5.74, 6) is -0.848. The van der Waals surface area contributed by atoms with E-state index in [-0.39, 0.29) is 5.76 Å². The summed E-state index contributed by atoms with van der Waals surface area (Å²) in [5.41, 5.74) is 0. The molecular formula is C7H10O3. The number of rotatable bonds is 1. The van der Waals surface area contributed by atoms with Crippen LogP contribution >= 0.6 is 0 Å². The Balaban J connectivity index is 2.54. The smallest absolute Gasteiger partial charge is 0.370 e. The molecule has 0 aromatic heterocycles. The highest BCUT2D eigenvalue weighted by molar-refractivity contribution is 5.84. The lowest BCUT2D eigenvalue weighted by Gasteiger charge is -2.00. The molecule has 1 aliphatic heterocycles. The van der Waals surface area contributed by atoms with Crippen molar-refractivity contribution < 1.29 is 14.6 Å². The summed E-state index contributed by atoms with van der Waals surface area (Å²) in [7, 11) is 0. The fraction of sp³-hybridized carbons (Fsp3) is 0.571. The van der Waals surface area contributed by atoms with Crippen molar-refractivity contribution in [3.05, 3.63) is 11.8 Å². The Kier molecular flexibility index (Phi) is 2.31. The minimum absolute atomic E-state index is 0.109. The molecule has 0 saturated heterocycles. The predicted octanol–water partition coefficient (Wildman–Crippen LogP) is 1.16. The molecule has 3 heteroatoms. The summed E-state index contributed by atoms with van der Waals surface area (Å²) >= 11 is 0. The topological polar surface area (TPSA) is 46.5 Å². The molecule has 0 unspecified atom stereocenters. The number of hydrogen-bond acceptors (Lipinski definition) is 2. The molecule has 56 valence electrons. The van der Waals surface area contributed by atoms with Crippen molar-refractivity contribution in [2.75, 3.05) is 6.61 Å². The highest BCUT2D eigenvalue weighted by atomic mass is 16.5. The third-order valence-electron chi connectivity index (χ3n) is 1.40. The van der Waals surface area contributed by atoms with E-state index in [9.17, 15) is 4.79 Å². The normalized spacial score (nSPS) is 18.6. The molecule has 1 aliphatic rings. The minimum Gasteiger partial charge on any atom is -0.487 e. The predicted molar refractivity (Wildman–Crippen MR) is 35.5 cm³/mol. The average molecular weight is 142 g/mol. The van der Waals surface area contributed by atoms with Gasteiger partial charge in [-0.3, -0.25) is 0 Å². The maximum absolute atomic E-state index is 10.3. The number of ether oxygens (including phenoxy) is 1. The zero-order valence-corrected chi connectivity index (χ0v) is 5.67. The number of carbonyl (C=O) groups is 1. The largest absolute Gasteiger partial charge is 0.487 e. The van der Waals surface area contributed by atoms with Crippen molar-refractivity contribution >= 4 is 5.97 Å². The van der Waals surface area contributed by atoms with Gasteiger partial charge >= 0.3 is 5.97 Å². The lowest BCUT2D eigenvalue weighted by Crippen LogP contribution is -2.03. The van der Waals surface area contributed by atoms with Crippen molar-refractivity contribution in [3.63, 3.8) is 0 Å². The van der Waals surface area contributed by atoms with Crippen LogP contribution in [0.4, 0.5) is 0 Å². The van der Waals surface area contributed by atoms with Gasteiger partial charge in [0.15, 0.2) is 5.76 Å². The fourth-order valence-electron chi connectivity index (χ4n) is 0.870. The highest BCUT2D eigenvalue weighted by Crippen LogP contribution is 2.09. The van der Waals surface area contributed by atoms with Crippen LogP contribution in [0.3, 0.4) is 0 Å². The van der Waals surface area contributed by atoms with Crippen LogP contribution in [-0.2, 0) is 9.53 Å². The second-order valence-corrected chi connectivity index (χ2v) is 2.22. The van der Waals surface area contributed by atoms with Gasteiger partial charge in [0.05, 0.1) is 6.61 Å². The molecular weight excluding hydrogens is 132 g/mol. The molecule has 0 atom stereocenters. The van der Waals surface area contributed by atoms with Gasteiger partial charge in [-0.2, -0.15) is 0 Å². The zero-order chi connectivity index (χ0) is 7.40. The first-order valence-corrected chi connectivity index (χ1v) is 3.37. The number of aliphatic carboxylic acids is 1. The Morgan fingerprint density at radius 3 is 3.10 bits per heavy atom. The molecule has 1 N–H and O–H groups in total. The standard InChI is InChI=1S/C7H10O3/c8-7(9)6-4-2-1-3-5-10-6/h4H,1-3,5H2,(H,8,9). The molecule has 3 nitrogen and oxygen atoms in total. The van der Waals surface area contributed by atoms with Crippen molar-refractivity contribution in [2.24, 2.45) is 0 Å². The SMILES string of the molecule is O=C(O)C1=CCCCCO1. The summed E-state index contributed by atoms with van der Waals surface area (Å²) in [6.45, 7) is 0.540. The zero-order valence-electron chi connectivity index (χ0n) is 5.67. The molecule has 0 amide bonds.